The number of nitrogens with zero attached hydrogens (tertiary/aromatic N) is 2. The molecule has 6 heteroatoms. The van der Waals surface area contributed by atoms with Gasteiger partial charge in [-0.2, -0.15) is 0 Å². The Morgan fingerprint density at radius 2 is 2.16 bits per heavy atom. The number of carbonyl (C=O) groups is 1. The summed E-state index contributed by atoms with van der Waals surface area (Å²) in [5, 5.41) is 5.94. The van der Waals surface area contributed by atoms with Gasteiger partial charge in [-0.25, -0.2) is 4.98 Å². The molecular weight excluding hydrogens is 244 g/mol. The molecule has 0 saturated carbocycles. The normalized spacial score (nSPS) is 10.5. The largest absolute Gasteiger partial charge is 0.383 e. The highest BCUT2D eigenvalue weighted by molar-refractivity contribution is 5.94. The van der Waals surface area contributed by atoms with Crippen molar-refractivity contribution in [2.75, 3.05) is 52.8 Å². The number of nitrogens with one attached hydrogen (secondary N) is 2. The minimum absolute atomic E-state index is 0.0993. The van der Waals surface area contributed by atoms with Crippen LogP contribution in [0.4, 0.5) is 5.82 Å². The van der Waals surface area contributed by atoms with Crippen molar-refractivity contribution in [3.63, 3.8) is 0 Å². The molecule has 0 aliphatic rings. The molecule has 1 heterocycles. The molecule has 0 unspecified atom stereocenters. The molecule has 0 atom stereocenters. The predicted octanol–water partition coefficient (Wildman–Crippen LogP) is 0.431. The van der Waals surface area contributed by atoms with Crippen LogP contribution in [0.25, 0.3) is 0 Å². The van der Waals surface area contributed by atoms with Crippen LogP contribution in [-0.4, -0.2) is 63.2 Å². The highest BCUT2D eigenvalue weighted by Crippen LogP contribution is 2.04. The molecule has 19 heavy (non-hydrogen) atoms. The minimum atomic E-state index is -0.0993. The van der Waals surface area contributed by atoms with Crippen LogP contribution in [0.15, 0.2) is 18.3 Å². The Balaban J connectivity index is 2.39. The lowest BCUT2D eigenvalue weighted by Gasteiger charge is -2.10. The first-order chi connectivity index (χ1) is 9.13. The monoisotopic (exact) mass is 266 g/mol. The van der Waals surface area contributed by atoms with Crippen LogP contribution in [0.3, 0.4) is 0 Å². The fourth-order valence-electron chi connectivity index (χ4n) is 1.41. The summed E-state index contributed by atoms with van der Waals surface area (Å²) in [4.78, 5) is 18.0. The van der Waals surface area contributed by atoms with E-state index in [0.29, 0.717) is 25.3 Å². The first-order valence-electron chi connectivity index (χ1n) is 6.25. The van der Waals surface area contributed by atoms with Gasteiger partial charge in [0.25, 0.3) is 5.91 Å². The Hall–Kier alpha value is -1.66. The molecule has 0 aliphatic heterocycles. The third kappa shape index (κ3) is 6.17. The maximum Gasteiger partial charge on any atom is 0.252 e. The fourth-order valence-corrected chi connectivity index (χ4v) is 1.41. The lowest BCUT2D eigenvalue weighted by atomic mass is 10.2. The van der Waals surface area contributed by atoms with E-state index in [2.05, 4.69) is 15.6 Å². The first-order valence-corrected chi connectivity index (χ1v) is 6.25. The molecule has 1 amide bonds. The molecule has 1 rings (SSSR count). The van der Waals surface area contributed by atoms with Gasteiger partial charge in [-0.3, -0.25) is 4.79 Å². The van der Waals surface area contributed by atoms with Gasteiger partial charge in [-0.05, 0) is 26.2 Å². The Labute approximate surface area is 114 Å². The molecule has 0 aromatic carbocycles. The lowest BCUT2D eigenvalue weighted by molar-refractivity contribution is 0.0950. The van der Waals surface area contributed by atoms with Crippen molar-refractivity contribution in [2.24, 2.45) is 0 Å². The highest BCUT2D eigenvalue weighted by Gasteiger charge is 2.05. The number of likely N-dealkylation sites (N-methyl/N-ethyl adjacent to an activating group) is 1. The quantitative estimate of drug-likeness (QED) is 0.668. The van der Waals surface area contributed by atoms with E-state index in [4.69, 9.17) is 4.74 Å². The Morgan fingerprint density at radius 3 is 2.74 bits per heavy atom. The minimum Gasteiger partial charge on any atom is -0.383 e. The van der Waals surface area contributed by atoms with Gasteiger partial charge in [0.2, 0.25) is 0 Å². The number of aromatic nitrogens is 1. The van der Waals surface area contributed by atoms with Gasteiger partial charge in [-0.1, -0.05) is 0 Å². The molecule has 0 saturated heterocycles. The van der Waals surface area contributed by atoms with E-state index in [0.717, 1.165) is 12.4 Å². The molecule has 1 aromatic heterocycles. The predicted molar refractivity (Wildman–Crippen MR) is 75.5 cm³/mol. The topological polar surface area (TPSA) is 66.5 Å². The second-order valence-corrected chi connectivity index (χ2v) is 4.41. The number of rotatable bonds is 8. The number of methoxy groups -OCH3 is 1. The molecule has 6 nitrogen and oxygen atoms in total. The van der Waals surface area contributed by atoms with Gasteiger partial charge in [0.05, 0.1) is 12.2 Å². The van der Waals surface area contributed by atoms with Crippen molar-refractivity contribution in [3.8, 4) is 0 Å². The maximum absolute atomic E-state index is 11.8. The number of amides is 1. The van der Waals surface area contributed by atoms with Gasteiger partial charge >= 0.3 is 0 Å². The van der Waals surface area contributed by atoms with Crippen molar-refractivity contribution in [1.82, 2.24) is 15.2 Å². The molecule has 0 fully saturated rings. The Morgan fingerprint density at radius 1 is 1.37 bits per heavy atom. The summed E-state index contributed by atoms with van der Waals surface area (Å²) in [6.45, 7) is 2.75. The molecule has 0 spiro atoms. The van der Waals surface area contributed by atoms with E-state index in [1.165, 1.54) is 0 Å². The zero-order valence-electron chi connectivity index (χ0n) is 11.8. The average Bonchev–Trinajstić information content (AvgIpc) is 2.39. The number of hydrogen-bond donors (Lipinski definition) is 2. The molecule has 0 aliphatic carbocycles. The van der Waals surface area contributed by atoms with Gasteiger partial charge in [0.15, 0.2) is 0 Å². The second-order valence-electron chi connectivity index (χ2n) is 4.41. The third-order valence-electron chi connectivity index (χ3n) is 2.48. The number of anilines is 1. The van der Waals surface area contributed by atoms with Crippen LogP contribution < -0.4 is 10.6 Å². The molecule has 1 aromatic rings. The summed E-state index contributed by atoms with van der Waals surface area (Å²) in [6, 6.07) is 3.55. The standard InChI is InChI=1S/C13H22N4O2/c1-17(2)8-6-15-13(18)11-4-5-12(16-10-11)14-7-9-19-3/h4-5,10H,6-9H2,1-3H3,(H,14,16)(H,15,18). The Kier molecular flexibility index (Phi) is 6.84. The van der Waals surface area contributed by atoms with Crippen LogP contribution >= 0.6 is 0 Å². The maximum atomic E-state index is 11.8. The van der Waals surface area contributed by atoms with E-state index in [-0.39, 0.29) is 5.91 Å². The van der Waals surface area contributed by atoms with E-state index < -0.39 is 0 Å². The summed E-state index contributed by atoms with van der Waals surface area (Å²) in [5.74, 6) is 0.639. The zero-order chi connectivity index (χ0) is 14.1. The van der Waals surface area contributed by atoms with Crippen molar-refractivity contribution in [3.05, 3.63) is 23.9 Å². The van der Waals surface area contributed by atoms with E-state index in [1.807, 2.05) is 19.0 Å². The summed E-state index contributed by atoms with van der Waals surface area (Å²) < 4.78 is 4.93. The summed E-state index contributed by atoms with van der Waals surface area (Å²) in [6.07, 6.45) is 1.57. The van der Waals surface area contributed by atoms with E-state index in [1.54, 1.807) is 25.4 Å². The molecule has 106 valence electrons. The average molecular weight is 266 g/mol. The summed E-state index contributed by atoms with van der Waals surface area (Å²) in [5.41, 5.74) is 0.566. The van der Waals surface area contributed by atoms with Gasteiger partial charge < -0.3 is 20.3 Å². The number of ether oxygens (including phenoxy) is 1. The SMILES string of the molecule is COCCNc1ccc(C(=O)NCCN(C)C)cn1. The second kappa shape index (κ2) is 8.44. The fraction of sp³-hybridized carbons (Fsp3) is 0.538. The number of carbonyl (C=O) groups excluding carboxylic acids is 1. The molecule has 0 radical (unpaired) electrons. The smallest absolute Gasteiger partial charge is 0.252 e. The van der Waals surface area contributed by atoms with Crippen molar-refractivity contribution in [2.45, 2.75) is 0 Å². The van der Waals surface area contributed by atoms with Gasteiger partial charge in [-0.15, -0.1) is 0 Å². The molecular formula is C13H22N4O2. The van der Waals surface area contributed by atoms with Crippen molar-refractivity contribution >= 4 is 11.7 Å². The number of hydrogen-bond acceptors (Lipinski definition) is 5. The molecule has 0 bridgehead atoms. The van der Waals surface area contributed by atoms with Crippen LogP contribution in [-0.2, 0) is 4.74 Å². The summed E-state index contributed by atoms with van der Waals surface area (Å²) in [7, 11) is 5.58. The highest BCUT2D eigenvalue weighted by atomic mass is 16.5. The van der Waals surface area contributed by atoms with Crippen LogP contribution in [0.5, 0.6) is 0 Å². The molecule has 2 N–H and O–H groups in total. The van der Waals surface area contributed by atoms with Gasteiger partial charge in [0.1, 0.15) is 5.82 Å². The third-order valence-corrected chi connectivity index (χ3v) is 2.48. The summed E-state index contributed by atoms with van der Waals surface area (Å²) >= 11 is 0. The van der Waals surface area contributed by atoms with E-state index >= 15 is 0 Å². The van der Waals surface area contributed by atoms with Crippen LogP contribution in [0.1, 0.15) is 10.4 Å². The van der Waals surface area contributed by atoms with Gasteiger partial charge in [0, 0.05) is 32.9 Å². The van der Waals surface area contributed by atoms with Crippen molar-refractivity contribution in [1.29, 1.82) is 0 Å². The van der Waals surface area contributed by atoms with Crippen LogP contribution in [0.2, 0.25) is 0 Å². The Bertz CT molecular complexity index is 379. The van der Waals surface area contributed by atoms with Crippen LogP contribution in [0, 0.1) is 0 Å². The number of pyridine rings is 1. The zero-order valence-corrected chi connectivity index (χ0v) is 11.8. The van der Waals surface area contributed by atoms with E-state index in [9.17, 15) is 4.79 Å². The van der Waals surface area contributed by atoms with Crippen molar-refractivity contribution < 1.29 is 9.53 Å². The lowest BCUT2D eigenvalue weighted by Crippen LogP contribution is -2.31. The first kappa shape index (κ1) is 15.4.